The van der Waals surface area contributed by atoms with Crippen molar-refractivity contribution in [2.24, 2.45) is 5.90 Å². The summed E-state index contributed by atoms with van der Waals surface area (Å²) in [6, 6.07) is 24.8. The fraction of sp³-hybridized carbons (Fsp3) is 0.241. The maximum Gasteiger partial charge on any atom is 0.408 e. The zero-order valence-corrected chi connectivity index (χ0v) is 20.7. The first-order valence-electron chi connectivity index (χ1n) is 12.1. The van der Waals surface area contributed by atoms with Gasteiger partial charge in [0.1, 0.15) is 12.6 Å². The third-order valence-corrected chi connectivity index (χ3v) is 6.11. The van der Waals surface area contributed by atoms with Gasteiger partial charge in [0.15, 0.2) is 11.6 Å². The normalized spacial score (nSPS) is 13.1. The SMILES string of the molecule is NOC(C(=O)O)(C(=O)CCc1ccccc1)C(NC(=O)OCc1ccccc1)C(=O)CCc1ccccc1. The second kappa shape index (κ2) is 13.8. The molecular formula is C29H30N2O7. The predicted molar refractivity (Wildman–Crippen MR) is 139 cm³/mol. The highest BCUT2D eigenvalue weighted by Crippen LogP contribution is 2.23. The van der Waals surface area contributed by atoms with Gasteiger partial charge in [-0.05, 0) is 29.5 Å². The average Bonchev–Trinajstić information content (AvgIpc) is 2.95. The fourth-order valence-electron chi connectivity index (χ4n) is 4.02. The maximum absolute atomic E-state index is 13.4. The summed E-state index contributed by atoms with van der Waals surface area (Å²) in [7, 11) is 0. The van der Waals surface area contributed by atoms with Crippen molar-refractivity contribution in [2.45, 2.75) is 43.9 Å². The van der Waals surface area contributed by atoms with E-state index in [1.54, 1.807) is 78.9 Å². The van der Waals surface area contributed by atoms with Gasteiger partial charge in [0.25, 0.3) is 5.60 Å². The fourth-order valence-corrected chi connectivity index (χ4v) is 4.02. The van der Waals surface area contributed by atoms with Crippen LogP contribution < -0.4 is 11.2 Å². The first kappa shape index (κ1) is 28.2. The lowest BCUT2D eigenvalue weighted by molar-refractivity contribution is -0.179. The molecule has 0 aromatic heterocycles. The number of hydrogen-bond acceptors (Lipinski definition) is 7. The largest absolute Gasteiger partial charge is 0.479 e. The van der Waals surface area contributed by atoms with Crippen LogP contribution >= 0.6 is 0 Å². The summed E-state index contributed by atoms with van der Waals surface area (Å²) >= 11 is 0. The van der Waals surface area contributed by atoms with Crippen LogP contribution in [0.5, 0.6) is 0 Å². The van der Waals surface area contributed by atoms with Crippen LogP contribution in [-0.2, 0) is 43.4 Å². The number of carbonyl (C=O) groups excluding carboxylic acids is 3. The minimum absolute atomic E-state index is 0.136. The lowest BCUT2D eigenvalue weighted by Gasteiger charge is -2.33. The lowest BCUT2D eigenvalue weighted by atomic mass is 9.82. The van der Waals surface area contributed by atoms with E-state index in [0.717, 1.165) is 11.1 Å². The highest BCUT2D eigenvalue weighted by atomic mass is 16.7. The number of nitrogens with two attached hydrogens (primary N) is 1. The van der Waals surface area contributed by atoms with Crippen LogP contribution in [0.2, 0.25) is 0 Å². The van der Waals surface area contributed by atoms with Gasteiger partial charge in [0, 0.05) is 12.8 Å². The molecule has 2 unspecified atom stereocenters. The quantitative estimate of drug-likeness (QED) is 0.218. The third kappa shape index (κ3) is 7.34. The van der Waals surface area contributed by atoms with E-state index < -0.39 is 35.3 Å². The van der Waals surface area contributed by atoms with Crippen molar-refractivity contribution < 1.29 is 33.9 Å². The van der Waals surface area contributed by atoms with E-state index in [2.05, 4.69) is 5.32 Å². The zero-order valence-electron chi connectivity index (χ0n) is 20.7. The van der Waals surface area contributed by atoms with Crippen molar-refractivity contribution in [2.75, 3.05) is 0 Å². The van der Waals surface area contributed by atoms with Gasteiger partial charge >= 0.3 is 12.1 Å². The molecule has 0 aliphatic carbocycles. The molecule has 0 fully saturated rings. The number of rotatable bonds is 14. The van der Waals surface area contributed by atoms with E-state index >= 15 is 0 Å². The number of aryl methyl sites for hydroxylation is 2. The Morgan fingerprint density at radius 2 is 1.24 bits per heavy atom. The summed E-state index contributed by atoms with van der Waals surface area (Å²) in [6.07, 6.45) is -1.14. The van der Waals surface area contributed by atoms with E-state index in [9.17, 15) is 24.3 Å². The number of Topliss-reactive ketones (excluding diaryl/α,β-unsaturated/α-hetero) is 2. The number of alkyl carbamates (subject to hydrolysis) is 1. The summed E-state index contributed by atoms with van der Waals surface area (Å²) in [5, 5.41) is 12.4. The van der Waals surface area contributed by atoms with E-state index in [1.807, 2.05) is 12.1 Å². The molecule has 0 aliphatic rings. The van der Waals surface area contributed by atoms with E-state index in [-0.39, 0.29) is 32.3 Å². The van der Waals surface area contributed by atoms with Crippen LogP contribution in [0.4, 0.5) is 4.79 Å². The van der Waals surface area contributed by atoms with Crippen LogP contribution in [0.25, 0.3) is 0 Å². The van der Waals surface area contributed by atoms with Gasteiger partial charge in [-0.1, -0.05) is 91.0 Å². The van der Waals surface area contributed by atoms with Crippen LogP contribution in [0.1, 0.15) is 29.5 Å². The van der Waals surface area contributed by atoms with Crippen molar-refractivity contribution in [1.82, 2.24) is 5.32 Å². The predicted octanol–water partition coefficient (Wildman–Crippen LogP) is 3.40. The number of benzene rings is 3. The van der Waals surface area contributed by atoms with Gasteiger partial charge in [0.05, 0.1) is 0 Å². The Balaban J connectivity index is 1.84. The van der Waals surface area contributed by atoms with Crippen LogP contribution in [-0.4, -0.2) is 40.4 Å². The van der Waals surface area contributed by atoms with Crippen LogP contribution in [0.15, 0.2) is 91.0 Å². The monoisotopic (exact) mass is 518 g/mol. The minimum Gasteiger partial charge on any atom is -0.479 e. The molecular weight excluding hydrogens is 488 g/mol. The molecule has 3 rings (SSSR count). The smallest absolute Gasteiger partial charge is 0.408 e. The molecule has 9 heteroatoms. The molecule has 38 heavy (non-hydrogen) atoms. The minimum atomic E-state index is -2.85. The van der Waals surface area contributed by atoms with Crippen molar-refractivity contribution in [3.8, 4) is 0 Å². The molecule has 9 nitrogen and oxygen atoms in total. The Morgan fingerprint density at radius 3 is 1.71 bits per heavy atom. The Labute approximate surface area is 220 Å². The molecule has 198 valence electrons. The Bertz CT molecular complexity index is 1220. The molecule has 0 heterocycles. The number of carboxylic acid groups (broad SMARTS) is 1. The maximum atomic E-state index is 13.4. The molecule has 0 bridgehead atoms. The lowest BCUT2D eigenvalue weighted by Crippen LogP contribution is -2.67. The number of carboxylic acids is 1. The summed E-state index contributed by atoms with van der Waals surface area (Å²) < 4.78 is 5.20. The molecule has 3 aromatic carbocycles. The molecule has 3 aromatic rings. The summed E-state index contributed by atoms with van der Waals surface area (Å²) in [5.74, 6) is 1.92. The van der Waals surface area contributed by atoms with Gasteiger partial charge in [0.2, 0.25) is 0 Å². The first-order chi connectivity index (χ1) is 18.4. The van der Waals surface area contributed by atoms with E-state index in [4.69, 9.17) is 15.5 Å². The third-order valence-electron chi connectivity index (χ3n) is 6.11. The second-order valence-corrected chi connectivity index (χ2v) is 8.66. The molecule has 1 amide bonds. The van der Waals surface area contributed by atoms with E-state index in [1.165, 1.54) is 0 Å². The van der Waals surface area contributed by atoms with E-state index in [0.29, 0.717) is 5.56 Å². The number of aliphatic carboxylic acids is 1. The summed E-state index contributed by atoms with van der Waals surface area (Å²) in [5.41, 5.74) is -0.586. The molecule has 0 saturated carbocycles. The molecule has 0 radical (unpaired) electrons. The molecule has 2 atom stereocenters. The Hall–Kier alpha value is -4.34. The summed E-state index contributed by atoms with van der Waals surface area (Å²) in [6.45, 7) is -0.136. The summed E-state index contributed by atoms with van der Waals surface area (Å²) in [4.78, 5) is 56.8. The first-order valence-corrected chi connectivity index (χ1v) is 12.1. The number of hydrogen-bond donors (Lipinski definition) is 3. The number of carbonyl (C=O) groups is 4. The van der Waals surface area contributed by atoms with Crippen molar-refractivity contribution >= 4 is 23.6 Å². The number of ether oxygens (including phenoxy) is 1. The highest BCUT2D eigenvalue weighted by molar-refractivity contribution is 6.12. The standard InChI is InChI=1S/C29H30N2O7/c30-38-29(27(34)35,25(33)19-17-22-12-6-2-7-13-22)26(24(32)18-16-21-10-4-1-5-11-21)31-28(36)37-20-23-14-8-3-9-15-23/h1-15,26H,16-20,30H2,(H,31,36)(H,34,35). The molecule has 0 spiro atoms. The second-order valence-electron chi connectivity index (χ2n) is 8.66. The number of ketones is 2. The average molecular weight is 519 g/mol. The van der Waals surface area contributed by atoms with Crippen molar-refractivity contribution in [3.63, 3.8) is 0 Å². The van der Waals surface area contributed by atoms with Crippen molar-refractivity contribution in [3.05, 3.63) is 108 Å². The van der Waals surface area contributed by atoms with Gasteiger partial charge in [-0.3, -0.25) is 14.4 Å². The topological polar surface area (TPSA) is 145 Å². The number of amides is 1. The zero-order chi connectivity index (χ0) is 27.4. The van der Waals surface area contributed by atoms with Gasteiger partial charge in [-0.15, -0.1) is 0 Å². The Morgan fingerprint density at radius 1 is 0.763 bits per heavy atom. The highest BCUT2D eigenvalue weighted by Gasteiger charge is 2.57. The van der Waals surface area contributed by atoms with Crippen molar-refractivity contribution in [1.29, 1.82) is 0 Å². The van der Waals surface area contributed by atoms with Gasteiger partial charge in [-0.2, -0.15) is 0 Å². The molecule has 0 aliphatic heterocycles. The molecule has 0 saturated heterocycles. The molecule has 4 N–H and O–H groups in total. The van der Waals surface area contributed by atoms with Crippen LogP contribution in [0, 0.1) is 0 Å². The number of nitrogens with one attached hydrogen (secondary N) is 1. The van der Waals surface area contributed by atoms with Gasteiger partial charge < -0.3 is 15.2 Å². The van der Waals surface area contributed by atoms with Crippen LogP contribution in [0.3, 0.4) is 0 Å². The Kier molecular flexibility index (Phi) is 10.3. The van der Waals surface area contributed by atoms with Gasteiger partial charge in [-0.25, -0.2) is 15.5 Å².